The highest BCUT2D eigenvalue weighted by atomic mass is 16.4. The van der Waals surface area contributed by atoms with Crippen LogP contribution in [0.25, 0.3) is 0 Å². The van der Waals surface area contributed by atoms with Gasteiger partial charge in [-0.15, -0.1) is 0 Å². The third-order valence-electron chi connectivity index (χ3n) is 3.55. The van der Waals surface area contributed by atoms with Crippen molar-refractivity contribution in [3.05, 3.63) is 0 Å². The number of carbonyl (C=O) groups is 1. The summed E-state index contributed by atoms with van der Waals surface area (Å²) in [5.41, 5.74) is -0.554. The van der Waals surface area contributed by atoms with Gasteiger partial charge in [-0.1, -0.05) is 12.8 Å². The Morgan fingerprint density at radius 1 is 1.19 bits per heavy atom. The maximum absolute atomic E-state index is 10.9. The van der Waals surface area contributed by atoms with Gasteiger partial charge < -0.3 is 10.0 Å². The number of unbranched alkanes of at least 4 members (excludes halogenated alkanes) is 1. The van der Waals surface area contributed by atoms with Crippen LogP contribution in [0.2, 0.25) is 0 Å². The van der Waals surface area contributed by atoms with Gasteiger partial charge in [0, 0.05) is 0 Å². The molecule has 1 N–H and O–H groups in total. The first-order valence-electron chi connectivity index (χ1n) is 6.48. The zero-order chi connectivity index (χ0) is 12.0. The van der Waals surface area contributed by atoms with Gasteiger partial charge in [-0.2, -0.15) is 0 Å². The minimum atomic E-state index is -0.675. The molecular weight excluding hydrogens is 202 g/mol. The molecule has 0 saturated carbocycles. The van der Waals surface area contributed by atoms with Crippen LogP contribution in [0, 0.1) is 5.41 Å². The lowest BCUT2D eigenvalue weighted by Crippen LogP contribution is -2.31. The molecule has 0 bridgehead atoms. The van der Waals surface area contributed by atoms with Crippen LogP contribution in [0.1, 0.15) is 52.4 Å². The van der Waals surface area contributed by atoms with Crippen molar-refractivity contribution in [2.75, 3.05) is 19.6 Å². The van der Waals surface area contributed by atoms with E-state index in [1.807, 2.05) is 13.8 Å². The molecule has 1 aliphatic heterocycles. The average Bonchev–Trinajstić information content (AvgIpc) is 2.26. The van der Waals surface area contributed by atoms with E-state index >= 15 is 0 Å². The minimum absolute atomic E-state index is 0.554. The van der Waals surface area contributed by atoms with Crippen LogP contribution in [-0.2, 0) is 4.79 Å². The predicted octanol–water partition coefficient (Wildman–Crippen LogP) is 2.75. The topological polar surface area (TPSA) is 40.5 Å². The van der Waals surface area contributed by atoms with Crippen molar-refractivity contribution in [2.45, 2.75) is 52.4 Å². The second kappa shape index (κ2) is 6.24. The van der Waals surface area contributed by atoms with Crippen LogP contribution in [0.3, 0.4) is 0 Å². The number of rotatable bonds is 6. The zero-order valence-electron chi connectivity index (χ0n) is 10.7. The molecule has 0 atom stereocenters. The first-order chi connectivity index (χ1) is 7.52. The molecule has 0 aromatic heterocycles. The molecule has 0 amide bonds. The van der Waals surface area contributed by atoms with Gasteiger partial charge in [0.2, 0.25) is 0 Å². The van der Waals surface area contributed by atoms with Crippen LogP contribution < -0.4 is 0 Å². The molecule has 1 rings (SSSR count). The fourth-order valence-corrected chi connectivity index (χ4v) is 2.19. The van der Waals surface area contributed by atoms with E-state index in [1.165, 1.54) is 32.4 Å². The summed E-state index contributed by atoms with van der Waals surface area (Å²) in [4.78, 5) is 13.4. The summed E-state index contributed by atoms with van der Waals surface area (Å²) >= 11 is 0. The molecule has 1 fully saturated rings. The normalized spacial score (nSPS) is 18.6. The van der Waals surface area contributed by atoms with Gasteiger partial charge in [0.1, 0.15) is 0 Å². The Bertz CT molecular complexity index is 220. The van der Waals surface area contributed by atoms with Crippen molar-refractivity contribution >= 4 is 5.97 Å². The molecule has 3 heteroatoms. The van der Waals surface area contributed by atoms with Crippen molar-refractivity contribution in [3.8, 4) is 0 Å². The van der Waals surface area contributed by atoms with Crippen molar-refractivity contribution in [2.24, 2.45) is 5.41 Å². The van der Waals surface area contributed by atoms with E-state index < -0.39 is 11.4 Å². The summed E-state index contributed by atoms with van der Waals surface area (Å²) in [5.74, 6) is -0.675. The average molecular weight is 227 g/mol. The number of nitrogens with zero attached hydrogens (tertiary/aromatic N) is 1. The molecule has 94 valence electrons. The van der Waals surface area contributed by atoms with Crippen molar-refractivity contribution in [1.82, 2.24) is 4.90 Å². The smallest absolute Gasteiger partial charge is 0.309 e. The first-order valence-corrected chi connectivity index (χ1v) is 6.48. The van der Waals surface area contributed by atoms with Gasteiger partial charge in [0.15, 0.2) is 0 Å². The van der Waals surface area contributed by atoms with Crippen LogP contribution in [-0.4, -0.2) is 35.6 Å². The highest BCUT2D eigenvalue weighted by molar-refractivity contribution is 5.73. The molecule has 0 radical (unpaired) electrons. The van der Waals surface area contributed by atoms with Crippen molar-refractivity contribution < 1.29 is 9.90 Å². The number of aliphatic carboxylic acids is 1. The standard InChI is InChI=1S/C13H25NO2/c1-13(2,12(15)16)8-4-7-11-14-9-5-3-6-10-14/h3-11H2,1-2H3,(H,15,16). The van der Waals surface area contributed by atoms with E-state index in [0.29, 0.717) is 0 Å². The number of hydrogen-bond acceptors (Lipinski definition) is 2. The Kier molecular flexibility index (Phi) is 5.26. The van der Waals surface area contributed by atoms with Gasteiger partial charge in [-0.3, -0.25) is 4.79 Å². The lowest BCUT2D eigenvalue weighted by Gasteiger charge is -2.26. The van der Waals surface area contributed by atoms with E-state index in [4.69, 9.17) is 5.11 Å². The third kappa shape index (κ3) is 4.52. The number of likely N-dealkylation sites (tertiary alicyclic amines) is 1. The summed E-state index contributed by atoms with van der Waals surface area (Å²) in [5, 5.41) is 8.98. The third-order valence-corrected chi connectivity index (χ3v) is 3.55. The molecule has 1 aliphatic rings. The summed E-state index contributed by atoms with van der Waals surface area (Å²) < 4.78 is 0. The molecule has 0 aliphatic carbocycles. The van der Waals surface area contributed by atoms with E-state index in [2.05, 4.69) is 4.90 Å². The molecular formula is C13H25NO2. The van der Waals surface area contributed by atoms with E-state index in [0.717, 1.165) is 25.8 Å². The molecule has 0 aromatic carbocycles. The lowest BCUT2D eigenvalue weighted by molar-refractivity contribution is -0.147. The molecule has 1 saturated heterocycles. The fraction of sp³-hybridized carbons (Fsp3) is 0.923. The highest BCUT2D eigenvalue weighted by Crippen LogP contribution is 2.23. The molecule has 0 spiro atoms. The summed E-state index contributed by atoms with van der Waals surface area (Å²) in [6.07, 6.45) is 6.99. The van der Waals surface area contributed by atoms with Gasteiger partial charge in [-0.05, 0) is 59.2 Å². The molecule has 3 nitrogen and oxygen atoms in total. The van der Waals surface area contributed by atoms with Gasteiger partial charge in [-0.25, -0.2) is 0 Å². The zero-order valence-corrected chi connectivity index (χ0v) is 10.7. The maximum atomic E-state index is 10.9. The predicted molar refractivity (Wildman–Crippen MR) is 65.6 cm³/mol. The Labute approximate surface area is 98.8 Å². The number of piperidine rings is 1. The molecule has 0 aromatic rings. The van der Waals surface area contributed by atoms with Crippen LogP contribution >= 0.6 is 0 Å². The Morgan fingerprint density at radius 2 is 1.81 bits per heavy atom. The maximum Gasteiger partial charge on any atom is 0.309 e. The van der Waals surface area contributed by atoms with Gasteiger partial charge >= 0.3 is 5.97 Å². The van der Waals surface area contributed by atoms with Crippen LogP contribution in [0.4, 0.5) is 0 Å². The second-order valence-corrected chi connectivity index (χ2v) is 5.55. The summed E-state index contributed by atoms with van der Waals surface area (Å²) in [6, 6.07) is 0. The lowest BCUT2D eigenvalue weighted by atomic mass is 9.87. The van der Waals surface area contributed by atoms with Gasteiger partial charge in [0.25, 0.3) is 0 Å². The van der Waals surface area contributed by atoms with Gasteiger partial charge in [0.05, 0.1) is 5.41 Å². The molecule has 1 heterocycles. The van der Waals surface area contributed by atoms with E-state index in [-0.39, 0.29) is 0 Å². The number of carboxylic acid groups (broad SMARTS) is 1. The quantitative estimate of drug-likeness (QED) is 0.709. The van der Waals surface area contributed by atoms with E-state index in [9.17, 15) is 4.79 Å². The molecule has 0 unspecified atom stereocenters. The summed E-state index contributed by atoms with van der Waals surface area (Å²) in [6.45, 7) is 7.26. The Balaban J connectivity index is 2.09. The number of carboxylic acids is 1. The monoisotopic (exact) mass is 227 g/mol. The summed E-state index contributed by atoms with van der Waals surface area (Å²) in [7, 11) is 0. The van der Waals surface area contributed by atoms with Crippen molar-refractivity contribution in [1.29, 1.82) is 0 Å². The highest BCUT2D eigenvalue weighted by Gasteiger charge is 2.26. The van der Waals surface area contributed by atoms with Crippen LogP contribution in [0.15, 0.2) is 0 Å². The Hall–Kier alpha value is -0.570. The largest absolute Gasteiger partial charge is 0.481 e. The van der Waals surface area contributed by atoms with Crippen LogP contribution in [0.5, 0.6) is 0 Å². The fourth-order valence-electron chi connectivity index (χ4n) is 2.19. The number of hydrogen-bond donors (Lipinski definition) is 1. The first kappa shape index (κ1) is 13.5. The second-order valence-electron chi connectivity index (χ2n) is 5.55. The molecule has 16 heavy (non-hydrogen) atoms. The Morgan fingerprint density at radius 3 is 2.38 bits per heavy atom. The van der Waals surface area contributed by atoms with Crippen molar-refractivity contribution in [3.63, 3.8) is 0 Å². The SMILES string of the molecule is CC(C)(CCCCN1CCCCC1)C(=O)O. The van der Waals surface area contributed by atoms with E-state index in [1.54, 1.807) is 0 Å². The minimum Gasteiger partial charge on any atom is -0.481 e.